The van der Waals surface area contributed by atoms with Gasteiger partial charge in [0.25, 0.3) is 0 Å². The van der Waals surface area contributed by atoms with Gasteiger partial charge in [0.05, 0.1) is 0 Å². The monoisotopic (exact) mass is 378 g/mol. The molecule has 2 fully saturated rings. The second-order valence-corrected chi connectivity index (χ2v) is 8.50. The molecule has 0 radical (unpaired) electrons. The lowest BCUT2D eigenvalue weighted by molar-refractivity contribution is -0.142. The molecule has 0 N–H and O–H groups in total. The Morgan fingerprint density at radius 1 is 0.759 bits per heavy atom. The number of fused-ring (bicyclic) bond motifs is 1. The van der Waals surface area contributed by atoms with Gasteiger partial charge in [0.15, 0.2) is 0 Å². The molecule has 3 aromatic carbocycles. The predicted octanol–water partition coefficient (Wildman–Crippen LogP) is 5.99. The lowest BCUT2D eigenvalue weighted by Gasteiger charge is -2.29. The van der Waals surface area contributed by atoms with Crippen molar-refractivity contribution < 1.29 is 9.53 Å². The highest BCUT2D eigenvalue weighted by atomic mass is 16.5. The summed E-state index contributed by atoms with van der Waals surface area (Å²) < 4.78 is 5.95. The van der Waals surface area contributed by atoms with Crippen LogP contribution in [-0.2, 0) is 14.9 Å². The van der Waals surface area contributed by atoms with Crippen LogP contribution >= 0.6 is 0 Å². The topological polar surface area (TPSA) is 26.3 Å². The Labute approximate surface area is 170 Å². The van der Waals surface area contributed by atoms with Gasteiger partial charge in [-0.05, 0) is 41.5 Å². The number of esters is 1. The summed E-state index contributed by atoms with van der Waals surface area (Å²) in [6.07, 6.45) is 5.60. The molecule has 2 heteroatoms. The summed E-state index contributed by atoms with van der Waals surface area (Å²) in [5.41, 5.74) is 3.88. The van der Waals surface area contributed by atoms with Crippen LogP contribution in [0.15, 0.2) is 91.0 Å². The van der Waals surface area contributed by atoms with Crippen LogP contribution < -0.4 is 0 Å². The molecule has 0 unspecified atom stereocenters. The van der Waals surface area contributed by atoms with Crippen molar-refractivity contribution in [1.29, 1.82) is 0 Å². The van der Waals surface area contributed by atoms with E-state index in [-0.39, 0.29) is 11.4 Å². The van der Waals surface area contributed by atoms with Crippen molar-refractivity contribution in [1.82, 2.24) is 0 Å². The normalized spacial score (nSPS) is 29.4. The summed E-state index contributed by atoms with van der Waals surface area (Å²) in [7, 11) is 0. The molecule has 3 aromatic rings. The van der Waals surface area contributed by atoms with E-state index in [9.17, 15) is 4.79 Å². The quantitative estimate of drug-likeness (QED) is 0.523. The summed E-state index contributed by atoms with van der Waals surface area (Å²) in [5.74, 6) is 1.01. The zero-order valence-electron chi connectivity index (χ0n) is 16.2. The number of carbonyl (C=O) groups is 1. The van der Waals surface area contributed by atoms with E-state index in [2.05, 4.69) is 54.6 Å². The van der Waals surface area contributed by atoms with Gasteiger partial charge in [-0.15, -0.1) is 0 Å². The molecule has 0 saturated heterocycles. The number of cyclic esters (lactones) is 1. The zero-order chi connectivity index (χ0) is 19.5. The molecule has 3 atom stereocenters. The number of allylic oxidation sites excluding steroid dienone is 1. The molecule has 1 spiro atoms. The van der Waals surface area contributed by atoms with Crippen molar-refractivity contribution in [2.24, 2.45) is 11.3 Å². The minimum Gasteiger partial charge on any atom is -0.426 e. The van der Waals surface area contributed by atoms with Crippen LogP contribution in [0.1, 0.15) is 30.4 Å². The summed E-state index contributed by atoms with van der Waals surface area (Å²) in [6, 6.07) is 28.9. The second kappa shape index (κ2) is 5.93. The third-order valence-electron chi connectivity index (χ3n) is 7.30. The van der Waals surface area contributed by atoms with Crippen molar-refractivity contribution in [2.75, 3.05) is 0 Å². The average Bonchev–Trinajstić information content (AvgIpc) is 3.15. The Kier molecular flexibility index (Phi) is 3.44. The van der Waals surface area contributed by atoms with E-state index in [4.69, 9.17) is 4.74 Å². The highest BCUT2D eigenvalue weighted by Crippen LogP contribution is 2.80. The van der Waals surface area contributed by atoms with Crippen LogP contribution in [0.2, 0.25) is 0 Å². The van der Waals surface area contributed by atoms with Gasteiger partial charge < -0.3 is 4.74 Å². The lowest BCUT2D eigenvalue weighted by Crippen LogP contribution is -2.34. The first-order valence-corrected chi connectivity index (χ1v) is 10.4. The highest BCUT2D eigenvalue weighted by Gasteiger charge is 2.83. The Hall–Kier alpha value is -3.13. The van der Waals surface area contributed by atoms with Gasteiger partial charge in [-0.3, -0.25) is 4.79 Å². The molecule has 142 valence electrons. The number of rotatable bonds is 3. The summed E-state index contributed by atoms with van der Waals surface area (Å²) in [6.45, 7) is 0. The smallest absolute Gasteiger partial charge is 0.323 e. The van der Waals surface area contributed by atoms with E-state index in [1.807, 2.05) is 36.4 Å². The van der Waals surface area contributed by atoms with Gasteiger partial charge in [0.2, 0.25) is 0 Å². The molecule has 0 bridgehead atoms. The third kappa shape index (κ3) is 2.15. The van der Waals surface area contributed by atoms with Crippen LogP contribution in [-0.4, -0.2) is 5.97 Å². The lowest BCUT2D eigenvalue weighted by atomic mass is 9.79. The number of hydrogen-bond donors (Lipinski definition) is 0. The van der Waals surface area contributed by atoms with E-state index in [0.717, 1.165) is 29.7 Å². The standard InChI is InChI=1S/C27H22O2/c28-25-27(22-15-13-20(14-16-22)19-8-3-1-4-9-19)24-12-7-17-26(24,27)18-23(29-25)21-10-5-2-6-11-21/h1-6,8-11,13-16,18,24H,7,12,17H2/t24-,26-,27-/m1/s1. The van der Waals surface area contributed by atoms with Gasteiger partial charge in [-0.25, -0.2) is 0 Å². The van der Waals surface area contributed by atoms with Crippen LogP contribution in [0.4, 0.5) is 0 Å². The number of hydrogen-bond acceptors (Lipinski definition) is 2. The highest BCUT2D eigenvalue weighted by molar-refractivity contribution is 5.97. The number of carbonyl (C=O) groups excluding carboxylic acids is 1. The van der Waals surface area contributed by atoms with Crippen LogP contribution in [0.5, 0.6) is 0 Å². The fourth-order valence-electron chi connectivity index (χ4n) is 6.04. The maximum Gasteiger partial charge on any atom is 0.323 e. The molecular weight excluding hydrogens is 356 g/mol. The third-order valence-corrected chi connectivity index (χ3v) is 7.30. The maximum atomic E-state index is 13.4. The first-order valence-electron chi connectivity index (χ1n) is 10.4. The Bertz CT molecular complexity index is 1110. The summed E-state index contributed by atoms with van der Waals surface area (Å²) >= 11 is 0. The van der Waals surface area contributed by atoms with Gasteiger partial charge in [-0.2, -0.15) is 0 Å². The first kappa shape index (κ1) is 16.8. The predicted molar refractivity (Wildman–Crippen MR) is 114 cm³/mol. The fraction of sp³-hybridized carbons (Fsp3) is 0.222. The minimum absolute atomic E-state index is 0.0731. The maximum absolute atomic E-state index is 13.4. The van der Waals surface area contributed by atoms with Crippen molar-refractivity contribution in [2.45, 2.75) is 24.7 Å². The minimum atomic E-state index is -0.501. The average molecular weight is 378 g/mol. The Balaban J connectivity index is 1.42. The van der Waals surface area contributed by atoms with E-state index >= 15 is 0 Å². The van der Waals surface area contributed by atoms with Gasteiger partial charge in [0, 0.05) is 11.0 Å². The Morgan fingerprint density at radius 2 is 1.38 bits per heavy atom. The molecule has 0 amide bonds. The van der Waals surface area contributed by atoms with Gasteiger partial charge in [-0.1, -0.05) is 91.3 Å². The van der Waals surface area contributed by atoms with Crippen molar-refractivity contribution in [3.05, 3.63) is 102 Å². The molecule has 0 aromatic heterocycles. The molecule has 2 aliphatic carbocycles. The first-order chi connectivity index (χ1) is 14.3. The van der Waals surface area contributed by atoms with E-state index in [1.165, 1.54) is 17.5 Å². The van der Waals surface area contributed by atoms with Crippen LogP contribution in [0.3, 0.4) is 0 Å². The van der Waals surface area contributed by atoms with Gasteiger partial charge >= 0.3 is 5.97 Å². The molecule has 2 nitrogen and oxygen atoms in total. The SMILES string of the molecule is O=C1OC(c2ccccc2)=C[C@]23CCC[C@H]2[C@]13c1ccc(-c2ccccc2)cc1. The van der Waals surface area contributed by atoms with Gasteiger partial charge in [0.1, 0.15) is 11.2 Å². The largest absolute Gasteiger partial charge is 0.426 e. The van der Waals surface area contributed by atoms with Crippen molar-refractivity contribution in [3.8, 4) is 11.1 Å². The summed E-state index contributed by atoms with van der Waals surface area (Å²) in [4.78, 5) is 13.4. The van der Waals surface area contributed by atoms with Crippen molar-refractivity contribution in [3.63, 3.8) is 0 Å². The van der Waals surface area contributed by atoms with E-state index in [1.54, 1.807) is 0 Å². The van der Waals surface area contributed by atoms with Crippen molar-refractivity contribution >= 4 is 11.7 Å². The summed E-state index contributed by atoms with van der Waals surface area (Å²) in [5, 5.41) is 0. The van der Waals surface area contributed by atoms with E-state index in [0.29, 0.717) is 5.92 Å². The molecule has 3 aliphatic rings. The molecule has 6 rings (SSSR count). The molecule has 1 heterocycles. The van der Waals surface area contributed by atoms with Crippen LogP contribution in [0.25, 0.3) is 16.9 Å². The Morgan fingerprint density at radius 3 is 2.07 bits per heavy atom. The zero-order valence-corrected chi connectivity index (χ0v) is 16.2. The molecule has 29 heavy (non-hydrogen) atoms. The number of ether oxygens (including phenoxy) is 1. The van der Waals surface area contributed by atoms with E-state index < -0.39 is 5.41 Å². The molecule has 1 aliphatic heterocycles. The number of benzene rings is 3. The fourth-order valence-corrected chi connectivity index (χ4v) is 6.04. The molecule has 2 saturated carbocycles. The van der Waals surface area contributed by atoms with Crippen LogP contribution in [0, 0.1) is 11.3 Å². The second-order valence-electron chi connectivity index (χ2n) is 8.50. The molecular formula is C27H22O2.